The molecule has 0 radical (unpaired) electrons. The van der Waals surface area contributed by atoms with Gasteiger partial charge in [-0.15, -0.1) is 0 Å². The fraction of sp³-hybridized carbons (Fsp3) is 0.333. The number of aliphatic hydroxyl groups excluding tert-OH is 1. The number of aromatic nitrogens is 1. The zero-order chi connectivity index (χ0) is 20.1. The minimum atomic E-state index is -0.514. The van der Waals surface area contributed by atoms with Crippen molar-refractivity contribution in [3.8, 4) is 5.75 Å². The molecule has 0 amide bonds. The fourth-order valence-electron chi connectivity index (χ4n) is 3.92. The van der Waals surface area contributed by atoms with Gasteiger partial charge in [0.25, 0.3) is 0 Å². The third-order valence-electron chi connectivity index (χ3n) is 5.65. The molecule has 1 fully saturated rings. The number of fused-ring (bicyclic) bond motifs is 1. The number of methoxy groups -OCH3 is 1. The Hall–Kier alpha value is -2.60. The Morgan fingerprint density at radius 3 is 2.59 bits per heavy atom. The average Bonchev–Trinajstić information content (AvgIpc) is 3.19. The van der Waals surface area contributed by atoms with E-state index in [-0.39, 0.29) is 0 Å². The van der Waals surface area contributed by atoms with E-state index in [9.17, 15) is 5.11 Å². The Labute approximate surface area is 172 Å². The van der Waals surface area contributed by atoms with Gasteiger partial charge in [0.15, 0.2) is 0 Å². The zero-order valence-electron chi connectivity index (χ0n) is 16.9. The normalized spacial score (nSPS) is 17.2. The second-order valence-electron chi connectivity index (χ2n) is 7.59. The first-order valence-corrected chi connectivity index (χ1v) is 10.2. The lowest BCUT2D eigenvalue weighted by Gasteiger charge is -2.35. The predicted octanol–water partition coefficient (Wildman–Crippen LogP) is 3.54. The first kappa shape index (κ1) is 19.7. The summed E-state index contributed by atoms with van der Waals surface area (Å²) >= 11 is 0. The summed E-state index contributed by atoms with van der Waals surface area (Å²) in [6.07, 6.45) is 5.82. The molecule has 3 aromatic rings. The van der Waals surface area contributed by atoms with Gasteiger partial charge in [-0.2, -0.15) is 0 Å². The van der Waals surface area contributed by atoms with Gasteiger partial charge in [0.1, 0.15) is 5.75 Å². The highest BCUT2D eigenvalue weighted by Crippen LogP contribution is 2.28. The molecule has 2 N–H and O–H groups in total. The molecule has 0 aliphatic carbocycles. The second kappa shape index (κ2) is 9.27. The van der Waals surface area contributed by atoms with Gasteiger partial charge in [-0.1, -0.05) is 42.5 Å². The van der Waals surface area contributed by atoms with Gasteiger partial charge in [0.2, 0.25) is 0 Å². The smallest absolute Gasteiger partial charge is 0.119 e. The molecule has 5 nitrogen and oxygen atoms in total. The minimum absolute atomic E-state index is 0.514. The average molecular weight is 392 g/mol. The molecule has 1 saturated heterocycles. The molecular weight excluding hydrogens is 362 g/mol. The third kappa shape index (κ3) is 4.88. The number of ether oxygens (including phenoxy) is 1. The number of rotatable bonds is 7. The second-order valence-corrected chi connectivity index (χ2v) is 7.59. The summed E-state index contributed by atoms with van der Waals surface area (Å²) in [5.74, 6) is 0.808. The van der Waals surface area contributed by atoms with Crippen LogP contribution in [0, 0.1) is 0 Å². The van der Waals surface area contributed by atoms with Crippen molar-refractivity contribution in [2.24, 2.45) is 0 Å². The van der Waals surface area contributed by atoms with E-state index in [1.807, 2.05) is 30.5 Å². The topological polar surface area (TPSA) is 51.7 Å². The number of benzene rings is 2. The van der Waals surface area contributed by atoms with Crippen LogP contribution in [0.25, 0.3) is 17.0 Å². The summed E-state index contributed by atoms with van der Waals surface area (Å²) in [6.45, 7) is 5.61. The highest BCUT2D eigenvalue weighted by molar-refractivity contribution is 5.85. The monoisotopic (exact) mass is 391 g/mol. The van der Waals surface area contributed by atoms with E-state index in [1.54, 1.807) is 7.11 Å². The Bertz CT molecular complexity index is 943. The number of β-amino-alcohol motifs (C(OH)–C–C–N with tert-alkyl or cyclic N) is 1. The van der Waals surface area contributed by atoms with Crippen LogP contribution in [-0.4, -0.2) is 66.3 Å². The molecule has 1 atom stereocenters. The van der Waals surface area contributed by atoms with E-state index in [1.165, 1.54) is 5.56 Å². The molecule has 2 heterocycles. The number of nitrogens with one attached hydrogen (secondary N) is 1. The molecule has 29 heavy (non-hydrogen) atoms. The molecular formula is C24H29N3O2. The van der Waals surface area contributed by atoms with Crippen molar-refractivity contribution in [1.82, 2.24) is 14.8 Å². The lowest BCUT2D eigenvalue weighted by Crippen LogP contribution is -2.47. The van der Waals surface area contributed by atoms with Crippen LogP contribution in [-0.2, 0) is 0 Å². The first-order valence-electron chi connectivity index (χ1n) is 10.2. The number of hydrogen-bond acceptors (Lipinski definition) is 4. The van der Waals surface area contributed by atoms with Crippen LogP contribution in [0.5, 0.6) is 5.75 Å². The maximum Gasteiger partial charge on any atom is 0.119 e. The van der Waals surface area contributed by atoms with Crippen molar-refractivity contribution in [2.45, 2.75) is 6.10 Å². The molecule has 5 heteroatoms. The third-order valence-corrected chi connectivity index (χ3v) is 5.65. The van der Waals surface area contributed by atoms with E-state index in [0.717, 1.165) is 54.9 Å². The fourth-order valence-corrected chi connectivity index (χ4v) is 3.92. The van der Waals surface area contributed by atoms with Gasteiger partial charge in [-0.05, 0) is 23.8 Å². The predicted molar refractivity (Wildman–Crippen MR) is 118 cm³/mol. The van der Waals surface area contributed by atoms with E-state index >= 15 is 0 Å². The summed E-state index contributed by atoms with van der Waals surface area (Å²) in [7, 11) is 1.67. The Kier molecular flexibility index (Phi) is 6.30. The van der Waals surface area contributed by atoms with Crippen LogP contribution >= 0.6 is 0 Å². The van der Waals surface area contributed by atoms with Crippen LogP contribution in [0.1, 0.15) is 17.2 Å². The number of aliphatic hydroxyl groups is 1. The molecule has 0 spiro atoms. The van der Waals surface area contributed by atoms with Crippen LogP contribution in [0.3, 0.4) is 0 Å². The standard InChI is InChI=1S/C24H29N3O2/c1-29-20-9-10-23-21(16-20)22(17-25-23)24(28)18-27-14-12-26(13-15-27)11-5-8-19-6-3-2-4-7-19/h2-10,16-17,24-25,28H,11-15,18H2,1H3/b8-5+/t24-/m1/s1. The summed E-state index contributed by atoms with van der Waals surface area (Å²) in [5, 5.41) is 11.9. The van der Waals surface area contributed by atoms with Crippen molar-refractivity contribution in [2.75, 3.05) is 46.4 Å². The van der Waals surface area contributed by atoms with Gasteiger partial charge >= 0.3 is 0 Å². The highest BCUT2D eigenvalue weighted by Gasteiger charge is 2.21. The van der Waals surface area contributed by atoms with Crippen molar-refractivity contribution in [3.63, 3.8) is 0 Å². The number of nitrogens with zero attached hydrogens (tertiary/aromatic N) is 2. The van der Waals surface area contributed by atoms with Crippen LogP contribution in [0.2, 0.25) is 0 Å². The van der Waals surface area contributed by atoms with E-state index in [4.69, 9.17) is 4.74 Å². The molecule has 0 unspecified atom stereocenters. The lowest BCUT2D eigenvalue weighted by molar-refractivity contribution is 0.0770. The molecule has 2 aromatic carbocycles. The minimum Gasteiger partial charge on any atom is -0.497 e. The van der Waals surface area contributed by atoms with Crippen LogP contribution in [0.15, 0.2) is 60.8 Å². The molecule has 1 aliphatic heterocycles. The van der Waals surface area contributed by atoms with Crippen molar-refractivity contribution in [3.05, 3.63) is 71.9 Å². The lowest BCUT2D eigenvalue weighted by atomic mass is 10.1. The SMILES string of the molecule is COc1ccc2[nH]cc([C@H](O)CN3CCN(C/C=C/c4ccccc4)CC3)c2c1. The summed E-state index contributed by atoms with van der Waals surface area (Å²) in [6, 6.07) is 16.3. The first-order chi connectivity index (χ1) is 14.2. The molecule has 0 bridgehead atoms. The molecule has 4 rings (SSSR count). The number of H-pyrrole nitrogens is 1. The van der Waals surface area contributed by atoms with Crippen molar-refractivity contribution < 1.29 is 9.84 Å². The van der Waals surface area contributed by atoms with E-state index < -0.39 is 6.10 Å². The quantitative estimate of drug-likeness (QED) is 0.647. The van der Waals surface area contributed by atoms with E-state index in [0.29, 0.717) is 6.54 Å². The van der Waals surface area contributed by atoms with Gasteiger partial charge in [0, 0.05) is 61.9 Å². The van der Waals surface area contributed by atoms with Gasteiger partial charge in [-0.25, -0.2) is 0 Å². The molecule has 1 aromatic heterocycles. The van der Waals surface area contributed by atoms with Gasteiger partial charge < -0.3 is 14.8 Å². The Balaban J connectivity index is 1.29. The maximum absolute atomic E-state index is 10.8. The van der Waals surface area contributed by atoms with Crippen LogP contribution in [0.4, 0.5) is 0 Å². The molecule has 1 aliphatic rings. The Morgan fingerprint density at radius 2 is 1.83 bits per heavy atom. The summed E-state index contributed by atoms with van der Waals surface area (Å²) in [5.41, 5.74) is 3.20. The summed E-state index contributed by atoms with van der Waals surface area (Å²) < 4.78 is 5.33. The highest BCUT2D eigenvalue weighted by atomic mass is 16.5. The molecule has 0 saturated carbocycles. The summed E-state index contributed by atoms with van der Waals surface area (Å²) in [4.78, 5) is 8.06. The number of aromatic amines is 1. The maximum atomic E-state index is 10.8. The zero-order valence-corrected chi connectivity index (χ0v) is 16.9. The van der Waals surface area contributed by atoms with Gasteiger partial charge in [0.05, 0.1) is 13.2 Å². The largest absolute Gasteiger partial charge is 0.497 e. The number of hydrogen-bond donors (Lipinski definition) is 2. The van der Waals surface area contributed by atoms with Crippen LogP contribution < -0.4 is 4.74 Å². The van der Waals surface area contributed by atoms with Crippen molar-refractivity contribution in [1.29, 1.82) is 0 Å². The Morgan fingerprint density at radius 1 is 1.07 bits per heavy atom. The number of piperazine rings is 1. The van der Waals surface area contributed by atoms with Crippen molar-refractivity contribution >= 4 is 17.0 Å². The van der Waals surface area contributed by atoms with Gasteiger partial charge in [-0.3, -0.25) is 9.80 Å². The van der Waals surface area contributed by atoms with E-state index in [2.05, 4.69) is 51.2 Å². The molecule has 152 valence electrons.